The van der Waals surface area contributed by atoms with E-state index in [4.69, 9.17) is 0 Å². The van der Waals surface area contributed by atoms with Crippen LogP contribution in [-0.4, -0.2) is 67.6 Å². The summed E-state index contributed by atoms with van der Waals surface area (Å²) in [7, 11) is 0. The van der Waals surface area contributed by atoms with Gasteiger partial charge in [-0.15, -0.1) is 0 Å². The van der Waals surface area contributed by atoms with Gasteiger partial charge in [0.1, 0.15) is 24.7 Å². The third-order valence-electron chi connectivity index (χ3n) is 6.55. The Hall–Kier alpha value is -2.45. The maximum atomic E-state index is 13.2. The zero-order chi connectivity index (χ0) is 20.8. The quantitative estimate of drug-likeness (QED) is 0.774. The molecule has 0 aromatic carbocycles. The lowest BCUT2D eigenvalue weighted by atomic mass is 9.64. The minimum Gasteiger partial charge on any atom is -0.341 e. The predicted octanol–water partition coefficient (Wildman–Crippen LogP) is 1.58. The molecule has 0 radical (unpaired) electrons. The van der Waals surface area contributed by atoms with Gasteiger partial charge in [0, 0.05) is 13.1 Å². The average molecular weight is 402 g/mol. The van der Waals surface area contributed by atoms with Crippen molar-refractivity contribution in [1.82, 2.24) is 29.9 Å². The van der Waals surface area contributed by atoms with E-state index >= 15 is 0 Å². The van der Waals surface area contributed by atoms with Crippen molar-refractivity contribution >= 4 is 17.8 Å². The van der Waals surface area contributed by atoms with Crippen molar-refractivity contribution in [3.63, 3.8) is 0 Å². The monoisotopic (exact) mass is 402 g/mol. The Bertz CT molecular complexity index is 799. The van der Waals surface area contributed by atoms with Crippen molar-refractivity contribution in [2.24, 2.45) is 11.3 Å². The second-order valence-corrected chi connectivity index (χ2v) is 9.75. The van der Waals surface area contributed by atoms with Crippen LogP contribution in [0.3, 0.4) is 0 Å². The number of imide groups is 1. The highest BCUT2D eigenvalue weighted by molar-refractivity contribution is 6.09. The molecular formula is C20H30N6O3. The van der Waals surface area contributed by atoms with E-state index in [1.54, 1.807) is 11.2 Å². The Balaban J connectivity index is 1.39. The Morgan fingerprint density at radius 2 is 1.97 bits per heavy atom. The molecule has 0 bridgehead atoms. The van der Waals surface area contributed by atoms with Crippen LogP contribution in [0.2, 0.25) is 0 Å². The minimum atomic E-state index is -0.862. The maximum Gasteiger partial charge on any atom is 0.325 e. The number of rotatable bonds is 3. The highest BCUT2D eigenvalue weighted by atomic mass is 16.2. The summed E-state index contributed by atoms with van der Waals surface area (Å²) in [6.07, 6.45) is 7.05. The van der Waals surface area contributed by atoms with Crippen LogP contribution in [0.1, 0.15) is 58.9 Å². The molecule has 1 aliphatic carbocycles. The van der Waals surface area contributed by atoms with Crippen LogP contribution in [0.25, 0.3) is 0 Å². The van der Waals surface area contributed by atoms with Crippen molar-refractivity contribution in [2.75, 3.05) is 19.6 Å². The maximum absolute atomic E-state index is 13.2. The van der Waals surface area contributed by atoms with E-state index in [0.29, 0.717) is 31.8 Å². The van der Waals surface area contributed by atoms with E-state index in [9.17, 15) is 14.4 Å². The number of nitrogens with one attached hydrogen (secondary N) is 1. The van der Waals surface area contributed by atoms with Crippen molar-refractivity contribution in [1.29, 1.82) is 0 Å². The summed E-state index contributed by atoms with van der Waals surface area (Å²) < 4.78 is 1.83. The molecule has 4 rings (SSSR count). The molecule has 2 unspecified atom stereocenters. The van der Waals surface area contributed by atoms with Crippen LogP contribution < -0.4 is 5.32 Å². The number of nitrogens with zero attached hydrogens (tertiary/aromatic N) is 5. The molecular weight excluding hydrogens is 372 g/mol. The second kappa shape index (κ2) is 7.11. The molecule has 1 spiro atoms. The number of hydrogen-bond donors (Lipinski definition) is 1. The summed E-state index contributed by atoms with van der Waals surface area (Å²) >= 11 is 0. The zero-order valence-electron chi connectivity index (χ0n) is 17.4. The van der Waals surface area contributed by atoms with Gasteiger partial charge in [0.25, 0.3) is 5.91 Å². The first-order valence-corrected chi connectivity index (χ1v) is 10.5. The van der Waals surface area contributed by atoms with E-state index in [1.165, 1.54) is 6.33 Å². The lowest BCUT2D eigenvalue weighted by Gasteiger charge is -2.43. The van der Waals surface area contributed by atoms with E-state index in [-0.39, 0.29) is 29.8 Å². The SMILES string of the molecule is CC1CC(C)(C)CC2(C1)NC(=O)N(CC(=O)N1CCC(n3cncn3)CC1)C2=O. The average Bonchev–Trinajstić information content (AvgIpc) is 3.24. The summed E-state index contributed by atoms with van der Waals surface area (Å²) in [6.45, 7) is 7.38. The smallest absolute Gasteiger partial charge is 0.325 e. The summed E-state index contributed by atoms with van der Waals surface area (Å²) in [4.78, 5) is 45.5. The number of piperidine rings is 1. The Kier molecular flexibility index (Phi) is 4.86. The fourth-order valence-electron chi connectivity index (χ4n) is 5.67. The topological polar surface area (TPSA) is 100 Å². The van der Waals surface area contributed by atoms with Crippen molar-refractivity contribution in [3.05, 3.63) is 12.7 Å². The first-order valence-electron chi connectivity index (χ1n) is 10.5. The van der Waals surface area contributed by atoms with E-state index < -0.39 is 11.6 Å². The van der Waals surface area contributed by atoms with Gasteiger partial charge in [0.05, 0.1) is 6.04 Å². The van der Waals surface area contributed by atoms with Crippen molar-refractivity contribution in [2.45, 2.75) is 64.5 Å². The van der Waals surface area contributed by atoms with Gasteiger partial charge in [-0.3, -0.25) is 14.5 Å². The standard InChI is InChI=1S/C20H30N6O3/c1-14-8-19(2,3)11-20(9-14)17(28)25(18(29)23-20)10-16(27)24-6-4-15(5-7-24)26-13-21-12-22-26/h12-15H,4-11H2,1-3H3,(H,23,29). The molecule has 1 N–H and O–H groups in total. The molecule has 158 valence electrons. The molecule has 2 saturated heterocycles. The first kappa shape index (κ1) is 19.8. The summed E-state index contributed by atoms with van der Waals surface area (Å²) in [6, 6.07) is -0.210. The fraction of sp³-hybridized carbons (Fsp3) is 0.750. The molecule has 29 heavy (non-hydrogen) atoms. The van der Waals surface area contributed by atoms with Gasteiger partial charge in [-0.1, -0.05) is 20.8 Å². The molecule has 3 aliphatic rings. The third kappa shape index (κ3) is 3.74. The van der Waals surface area contributed by atoms with Gasteiger partial charge in [-0.25, -0.2) is 14.5 Å². The van der Waals surface area contributed by atoms with E-state index in [2.05, 4.69) is 36.2 Å². The summed E-state index contributed by atoms with van der Waals surface area (Å²) in [5.74, 6) is -0.0758. The van der Waals surface area contributed by atoms with Gasteiger partial charge in [-0.2, -0.15) is 5.10 Å². The molecule has 9 heteroatoms. The number of urea groups is 1. The highest BCUT2D eigenvalue weighted by Crippen LogP contribution is 2.46. The van der Waals surface area contributed by atoms with Crippen LogP contribution >= 0.6 is 0 Å². The summed E-state index contributed by atoms with van der Waals surface area (Å²) in [5.41, 5.74) is -0.886. The zero-order valence-corrected chi connectivity index (χ0v) is 17.4. The van der Waals surface area contributed by atoms with Gasteiger partial charge in [-0.05, 0) is 43.4 Å². The molecule has 1 aromatic rings. The van der Waals surface area contributed by atoms with Crippen LogP contribution in [0.4, 0.5) is 4.79 Å². The molecule has 3 heterocycles. The minimum absolute atomic E-state index is 0.0239. The van der Waals surface area contributed by atoms with E-state index in [0.717, 1.165) is 24.2 Å². The second-order valence-electron chi connectivity index (χ2n) is 9.75. The lowest BCUT2D eigenvalue weighted by molar-refractivity contribution is -0.141. The van der Waals surface area contributed by atoms with Gasteiger partial charge < -0.3 is 10.2 Å². The number of hydrogen-bond acceptors (Lipinski definition) is 5. The molecule has 3 fully saturated rings. The van der Waals surface area contributed by atoms with E-state index in [1.807, 2.05) is 4.68 Å². The molecule has 9 nitrogen and oxygen atoms in total. The van der Waals surface area contributed by atoms with Crippen molar-refractivity contribution < 1.29 is 14.4 Å². The fourth-order valence-corrected chi connectivity index (χ4v) is 5.67. The van der Waals surface area contributed by atoms with Crippen LogP contribution in [-0.2, 0) is 9.59 Å². The third-order valence-corrected chi connectivity index (χ3v) is 6.55. The highest BCUT2D eigenvalue weighted by Gasteiger charge is 2.56. The number of likely N-dealkylation sites (tertiary alicyclic amines) is 1. The number of carbonyl (C=O) groups excluding carboxylic acids is 3. The largest absolute Gasteiger partial charge is 0.341 e. The Labute approximate surface area is 170 Å². The number of carbonyl (C=O) groups is 3. The molecule has 2 aliphatic heterocycles. The number of aromatic nitrogens is 3. The molecule has 4 amide bonds. The van der Waals surface area contributed by atoms with Gasteiger partial charge in [0.15, 0.2) is 0 Å². The van der Waals surface area contributed by atoms with Crippen molar-refractivity contribution in [3.8, 4) is 0 Å². The normalized spacial score (nSPS) is 30.1. The van der Waals surface area contributed by atoms with Crippen LogP contribution in [0.15, 0.2) is 12.7 Å². The lowest BCUT2D eigenvalue weighted by Crippen LogP contribution is -2.54. The first-order chi connectivity index (χ1) is 13.7. The molecule has 2 atom stereocenters. The van der Waals surface area contributed by atoms with Gasteiger partial charge >= 0.3 is 6.03 Å². The Morgan fingerprint density at radius 1 is 1.24 bits per heavy atom. The van der Waals surface area contributed by atoms with Crippen LogP contribution in [0, 0.1) is 11.3 Å². The molecule has 1 aromatic heterocycles. The summed E-state index contributed by atoms with van der Waals surface area (Å²) in [5, 5.41) is 7.11. The number of amides is 4. The predicted molar refractivity (Wildman–Crippen MR) is 105 cm³/mol. The Morgan fingerprint density at radius 3 is 2.59 bits per heavy atom. The van der Waals surface area contributed by atoms with Crippen LogP contribution in [0.5, 0.6) is 0 Å². The molecule has 1 saturated carbocycles. The van der Waals surface area contributed by atoms with Gasteiger partial charge in [0.2, 0.25) is 5.91 Å².